The standard InChI is InChI=1S/C23H21NO5/c1-28-22(26)16-5-3-2-4-15(16)12-6-8-14(9-7-12)24-21(25)19-13-10-17-18(11-13)29-23(27)20(17)19/h2-9,13,17-20H,10-11H2,1H3,(H,24,25)/t13-,17+,18-,19-,20-/m1/s1. The first-order chi connectivity index (χ1) is 14.1. The number of anilines is 1. The Labute approximate surface area is 168 Å². The Kier molecular flexibility index (Phi) is 4.15. The molecule has 0 radical (unpaired) electrons. The second kappa shape index (κ2) is 6.72. The Hall–Kier alpha value is -3.15. The molecule has 2 bridgehead atoms. The molecule has 1 N–H and O–H groups in total. The first-order valence-electron chi connectivity index (χ1n) is 9.86. The number of ether oxygens (including phenoxy) is 2. The van der Waals surface area contributed by atoms with Crippen molar-refractivity contribution in [1.29, 1.82) is 0 Å². The maximum Gasteiger partial charge on any atom is 0.338 e. The normalized spacial score (nSPS) is 28.9. The molecule has 6 nitrogen and oxygen atoms in total. The quantitative estimate of drug-likeness (QED) is 0.809. The number of methoxy groups -OCH3 is 1. The van der Waals surface area contributed by atoms with Gasteiger partial charge in [-0.15, -0.1) is 0 Å². The Bertz CT molecular complexity index is 997. The van der Waals surface area contributed by atoms with Crippen LogP contribution in [0.25, 0.3) is 11.1 Å². The fourth-order valence-corrected chi connectivity index (χ4v) is 5.34. The van der Waals surface area contributed by atoms with Gasteiger partial charge in [-0.1, -0.05) is 30.3 Å². The Morgan fingerprint density at radius 2 is 1.83 bits per heavy atom. The average Bonchev–Trinajstić information content (AvgIpc) is 3.36. The maximum atomic E-state index is 12.9. The van der Waals surface area contributed by atoms with E-state index in [0.29, 0.717) is 11.3 Å². The lowest BCUT2D eigenvalue weighted by atomic mass is 9.79. The number of esters is 2. The van der Waals surface area contributed by atoms with Gasteiger partial charge >= 0.3 is 11.9 Å². The molecule has 29 heavy (non-hydrogen) atoms. The number of carbonyl (C=O) groups is 3. The SMILES string of the molecule is COC(=O)c1ccccc1-c1ccc(NC(=O)[C@@H]2[C@@H]3C[C@@H]4[C@H]2C(=O)O[C@@H]4C3)cc1. The molecular weight excluding hydrogens is 370 g/mol. The van der Waals surface area contributed by atoms with E-state index >= 15 is 0 Å². The summed E-state index contributed by atoms with van der Waals surface area (Å²) >= 11 is 0. The van der Waals surface area contributed by atoms with Gasteiger partial charge < -0.3 is 14.8 Å². The molecule has 2 aromatic rings. The molecule has 6 heteroatoms. The van der Waals surface area contributed by atoms with Crippen molar-refractivity contribution in [2.75, 3.05) is 12.4 Å². The number of carbonyl (C=O) groups excluding carboxylic acids is 3. The summed E-state index contributed by atoms with van der Waals surface area (Å²) in [5.74, 6) is -0.863. The van der Waals surface area contributed by atoms with Crippen molar-refractivity contribution >= 4 is 23.5 Å². The second-order valence-corrected chi connectivity index (χ2v) is 8.03. The molecule has 3 fully saturated rings. The first-order valence-corrected chi connectivity index (χ1v) is 9.86. The zero-order valence-electron chi connectivity index (χ0n) is 16.0. The van der Waals surface area contributed by atoms with Crippen molar-refractivity contribution in [3.63, 3.8) is 0 Å². The molecule has 1 saturated heterocycles. The van der Waals surface area contributed by atoms with Gasteiger partial charge in [0.05, 0.1) is 24.5 Å². The van der Waals surface area contributed by atoms with E-state index in [2.05, 4.69) is 5.32 Å². The van der Waals surface area contributed by atoms with Crippen LogP contribution in [-0.2, 0) is 19.1 Å². The molecule has 0 spiro atoms. The molecule has 0 unspecified atom stereocenters. The van der Waals surface area contributed by atoms with E-state index in [9.17, 15) is 14.4 Å². The van der Waals surface area contributed by atoms with E-state index in [1.807, 2.05) is 36.4 Å². The molecule has 1 aliphatic heterocycles. The van der Waals surface area contributed by atoms with Crippen LogP contribution >= 0.6 is 0 Å². The lowest BCUT2D eigenvalue weighted by Gasteiger charge is -2.23. The van der Waals surface area contributed by atoms with E-state index in [1.165, 1.54) is 7.11 Å². The van der Waals surface area contributed by atoms with E-state index in [1.54, 1.807) is 12.1 Å². The van der Waals surface area contributed by atoms with Crippen molar-refractivity contribution in [3.05, 3.63) is 54.1 Å². The Morgan fingerprint density at radius 3 is 2.59 bits per heavy atom. The maximum absolute atomic E-state index is 12.9. The lowest BCUT2D eigenvalue weighted by molar-refractivity contribution is -0.145. The predicted octanol–water partition coefficient (Wildman–Crippen LogP) is 3.28. The van der Waals surface area contributed by atoms with Crippen LogP contribution in [0, 0.1) is 23.7 Å². The van der Waals surface area contributed by atoms with Gasteiger partial charge in [-0.3, -0.25) is 9.59 Å². The van der Waals surface area contributed by atoms with Crippen molar-refractivity contribution in [2.45, 2.75) is 18.9 Å². The summed E-state index contributed by atoms with van der Waals surface area (Å²) in [4.78, 5) is 37.0. The number of benzene rings is 2. The number of hydrogen-bond donors (Lipinski definition) is 1. The van der Waals surface area contributed by atoms with Gasteiger partial charge in [0, 0.05) is 11.6 Å². The van der Waals surface area contributed by atoms with Crippen LogP contribution < -0.4 is 5.32 Å². The first kappa shape index (κ1) is 17.9. The van der Waals surface area contributed by atoms with E-state index in [-0.39, 0.29) is 41.7 Å². The van der Waals surface area contributed by atoms with Gasteiger partial charge in [-0.05, 0) is 48.1 Å². The van der Waals surface area contributed by atoms with Crippen LogP contribution in [0.5, 0.6) is 0 Å². The third-order valence-corrected chi connectivity index (χ3v) is 6.58. The largest absolute Gasteiger partial charge is 0.465 e. The Balaban J connectivity index is 1.34. The molecule has 2 aliphatic carbocycles. The minimum absolute atomic E-state index is 0.0238. The van der Waals surface area contributed by atoms with E-state index in [4.69, 9.17) is 9.47 Å². The molecule has 148 valence electrons. The third kappa shape index (κ3) is 2.82. The highest BCUT2D eigenvalue weighted by atomic mass is 16.6. The molecular formula is C23H21NO5. The Morgan fingerprint density at radius 1 is 1.07 bits per heavy atom. The van der Waals surface area contributed by atoms with Crippen LogP contribution in [0.3, 0.4) is 0 Å². The number of fused-ring (bicyclic) bond motifs is 1. The minimum Gasteiger partial charge on any atom is -0.465 e. The lowest BCUT2D eigenvalue weighted by Crippen LogP contribution is -2.35. The smallest absolute Gasteiger partial charge is 0.338 e. The zero-order valence-corrected chi connectivity index (χ0v) is 16.0. The number of amides is 1. The van der Waals surface area contributed by atoms with Gasteiger partial charge in [0.1, 0.15) is 6.10 Å². The number of rotatable bonds is 4. The fraction of sp³-hybridized carbons (Fsp3) is 0.348. The molecule has 1 amide bonds. The fourth-order valence-electron chi connectivity index (χ4n) is 5.34. The van der Waals surface area contributed by atoms with Crippen LogP contribution in [0.2, 0.25) is 0 Å². The van der Waals surface area contributed by atoms with Crippen LogP contribution in [-0.4, -0.2) is 31.1 Å². The van der Waals surface area contributed by atoms with Gasteiger partial charge in [-0.25, -0.2) is 4.79 Å². The highest BCUT2D eigenvalue weighted by Gasteiger charge is 2.63. The van der Waals surface area contributed by atoms with Crippen molar-refractivity contribution in [1.82, 2.24) is 0 Å². The van der Waals surface area contributed by atoms with Gasteiger partial charge in [0.15, 0.2) is 0 Å². The van der Waals surface area contributed by atoms with E-state index < -0.39 is 5.97 Å². The average molecular weight is 391 g/mol. The molecule has 2 aromatic carbocycles. The second-order valence-electron chi connectivity index (χ2n) is 8.03. The summed E-state index contributed by atoms with van der Waals surface area (Å²) in [5.41, 5.74) is 2.78. The van der Waals surface area contributed by atoms with Crippen molar-refractivity contribution < 1.29 is 23.9 Å². The zero-order chi connectivity index (χ0) is 20.1. The minimum atomic E-state index is -0.393. The van der Waals surface area contributed by atoms with Gasteiger partial charge in [0.2, 0.25) is 5.91 Å². The molecule has 5 rings (SSSR count). The summed E-state index contributed by atoms with van der Waals surface area (Å²) in [5, 5.41) is 2.96. The summed E-state index contributed by atoms with van der Waals surface area (Å²) in [7, 11) is 1.36. The van der Waals surface area contributed by atoms with E-state index in [0.717, 1.165) is 24.0 Å². The molecule has 0 aromatic heterocycles. The highest BCUT2D eigenvalue weighted by molar-refractivity contribution is 5.98. The molecule has 2 saturated carbocycles. The molecule has 5 atom stereocenters. The molecule has 3 aliphatic rings. The highest BCUT2D eigenvalue weighted by Crippen LogP contribution is 2.57. The van der Waals surface area contributed by atoms with Crippen LogP contribution in [0.4, 0.5) is 5.69 Å². The van der Waals surface area contributed by atoms with Crippen molar-refractivity contribution in [3.8, 4) is 11.1 Å². The third-order valence-electron chi connectivity index (χ3n) is 6.58. The van der Waals surface area contributed by atoms with Gasteiger partial charge in [-0.2, -0.15) is 0 Å². The summed E-state index contributed by atoms with van der Waals surface area (Å²) in [6.45, 7) is 0. The topological polar surface area (TPSA) is 81.7 Å². The van der Waals surface area contributed by atoms with Gasteiger partial charge in [0.25, 0.3) is 0 Å². The summed E-state index contributed by atoms with van der Waals surface area (Å²) in [6.07, 6.45) is 1.73. The van der Waals surface area contributed by atoms with Crippen LogP contribution in [0.1, 0.15) is 23.2 Å². The summed E-state index contributed by atoms with van der Waals surface area (Å²) < 4.78 is 10.3. The predicted molar refractivity (Wildman–Crippen MR) is 105 cm³/mol. The monoisotopic (exact) mass is 391 g/mol. The molecule has 1 heterocycles. The summed E-state index contributed by atoms with van der Waals surface area (Å²) in [6, 6.07) is 14.6. The number of hydrogen-bond acceptors (Lipinski definition) is 5. The number of nitrogens with one attached hydrogen (secondary N) is 1. The van der Waals surface area contributed by atoms with Crippen molar-refractivity contribution in [2.24, 2.45) is 23.7 Å². The van der Waals surface area contributed by atoms with Crippen LogP contribution in [0.15, 0.2) is 48.5 Å².